The maximum atomic E-state index is 14.3. The Labute approximate surface area is 216 Å². The highest BCUT2D eigenvalue weighted by Gasteiger charge is 2.40. The molecule has 0 spiro atoms. The van der Waals surface area contributed by atoms with Gasteiger partial charge in [-0.3, -0.25) is 9.63 Å². The number of anilines is 1. The van der Waals surface area contributed by atoms with Crippen LogP contribution >= 0.6 is 22.7 Å². The summed E-state index contributed by atoms with van der Waals surface area (Å²) >= 11 is 2.69. The van der Waals surface area contributed by atoms with Crippen molar-refractivity contribution >= 4 is 33.7 Å². The first kappa shape index (κ1) is 26.0. The number of benzene rings is 2. The highest BCUT2D eigenvalue weighted by molar-refractivity contribution is 7.15. The van der Waals surface area contributed by atoms with Crippen LogP contribution in [0.2, 0.25) is 0 Å². The Hall–Kier alpha value is -3.05. The predicted molar refractivity (Wildman–Crippen MR) is 139 cm³/mol. The molecule has 0 radical (unpaired) electrons. The van der Waals surface area contributed by atoms with Crippen LogP contribution in [0.15, 0.2) is 60.1 Å². The zero-order chi connectivity index (χ0) is 25.9. The fourth-order valence-electron chi connectivity index (χ4n) is 3.93. The summed E-state index contributed by atoms with van der Waals surface area (Å²) in [5, 5.41) is 12.4. The number of hydrogen-bond acceptors (Lipinski definition) is 7. The van der Waals surface area contributed by atoms with Crippen molar-refractivity contribution in [3.63, 3.8) is 0 Å². The van der Waals surface area contributed by atoms with Crippen molar-refractivity contribution in [1.29, 1.82) is 0 Å². The van der Waals surface area contributed by atoms with E-state index in [0.29, 0.717) is 17.3 Å². The van der Waals surface area contributed by atoms with Gasteiger partial charge in [0.1, 0.15) is 17.1 Å². The van der Waals surface area contributed by atoms with Crippen LogP contribution in [0.5, 0.6) is 0 Å². The number of aromatic nitrogens is 2. The predicted octanol–water partition coefficient (Wildman–Crippen LogP) is 6.33. The molecule has 2 heterocycles. The van der Waals surface area contributed by atoms with Gasteiger partial charge in [-0.1, -0.05) is 49.4 Å². The van der Waals surface area contributed by atoms with Crippen LogP contribution in [0.25, 0.3) is 10.4 Å². The van der Waals surface area contributed by atoms with Crippen LogP contribution in [-0.4, -0.2) is 35.3 Å². The lowest BCUT2D eigenvalue weighted by atomic mass is 9.73. The van der Waals surface area contributed by atoms with Crippen LogP contribution in [0, 0.1) is 17.0 Å². The van der Waals surface area contributed by atoms with E-state index in [1.807, 2.05) is 50.5 Å². The molecular formula is C26H26F2N4O2S2. The third kappa shape index (κ3) is 6.01. The van der Waals surface area contributed by atoms with Crippen LogP contribution in [0.4, 0.5) is 13.9 Å². The molecule has 0 aliphatic rings. The quantitative estimate of drug-likeness (QED) is 0.257. The second-order valence-electron chi connectivity index (χ2n) is 9.04. The summed E-state index contributed by atoms with van der Waals surface area (Å²) in [5.41, 5.74) is 2.87. The number of nitrogens with one attached hydrogen (secondary N) is 1. The van der Waals surface area contributed by atoms with Gasteiger partial charge in [0, 0.05) is 35.8 Å². The minimum absolute atomic E-state index is 0.325. The van der Waals surface area contributed by atoms with E-state index in [0.717, 1.165) is 26.9 Å². The number of hydrogen-bond donors (Lipinski definition) is 1. The Morgan fingerprint density at radius 2 is 1.78 bits per heavy atom. The summed E-state index contributed by atoms with van der Waals surface area (Å²) in [6, 6.07) is 15.3. The molecule has 0 aliphatic heterocycles. The summed E-state index contributed by atoms with van der Waals surface area (Å²) in [6.07, 6.45) is 0. The third-order valence-corrected chi connectivity index (χ3v) is 7.55. The molecule has 4 rings (SSSR count). The van der Waals surface area contributed by atoms with Crippen molar-refractivity contribution in [3.05, 3.63) is 87.7 Å². The van der Waals surface area contributed by atoms with E-state index in [-0.39, 0.29) is 5.91 Å². The first-order chi connectivity index (χ1) is 17.1. The monoisotopic (exact) mass is 528 g/mol. The van der Waals surface area contributed by atoms with Gasteiger partial charge in [-0.2, -0.15) is 5.06 Å². The van der Waals surface area contributed by atoms with E-state index in [1.54, 1.807) is 18.9 Å². The third-order valence-electron chi connectivity index (χ3n) is 5.74. The summed E-state index contributed by atoms with van der Waals surface area (Å²) in [6.45, 7) is 3.99. The molecule has 2 aromatic carbocycles. The van der Waals surface area contributed by atoms with Gasteiger partial charge >= 0.3 is 0 Å². The van der Waals surface area contributed by atoms with E-state index in [4.69, 9.17) is 4.84 Å². The lowest BCUT2D eigenvalue weighted by molar-refractivity contribution is -0.130. The molecule has 0 bridgehead atoms. The van der Waals surface area contributed by atoms with E-state index < -0.39 is 23.0 Å². The average Bonchev–Trinajstić information content (AvgIpc) is 3.50. The molecule has 2 aromatic heterocycles. The molecular weight excluding hydrogens is 502 g/mol. The second-order valence-corrected chi connectivity index (χ2v) is 11.0. The van der Waals surface area contributed by atoms with Crippen molar-refractivity contribution in [2.45, 2.75) is 26.4 Å². The standard InChI is InChI=1S/C26H26F2N4O2S2/c1-26(2,24(33)30-25-31-29-15-35-25)23(18-11-19(27)13-20(28)12-18)22-10-9-21(36-22)17-7-5-16(6-8-17)14-34-32(3)4/h5-13,15,23H,14H2,1-4H3,(H,30,31,33). The molecule has 6 nitrogen and oxygen atoms in total. The zero-order valence-corrected chi connectivity index (χ0v) is 21.9. The molecule has 1 amide bonds. The zero-order valence-electron chi connectivity index (χ0n) is 20.3. The Balaban J connectivity index is 1.68. The Morgan fingerprint density at radius 1 is 1.08 bits per heavy atom. The lowest BCUT2D eigenvalue weighted by Gasteiger charge is -2.32. The van der Waals surface area contributed by atoms with Crippen LogP contribution in [0.3, 0.4) is 0 Å². The van der Waals surface area contributed by atoms with Crippen LogP contribution in [-0.2, 0) is 16.2 Å². The molecule has 4 aromatic rings. The maximum Gasteiger partial charge on any atom is 0.232 e. The molecule has 36 heavy (non-hydrogen) atoms. The summed E-state index contributed by atoms with van der Waals surface area (Å²) < 4.78 is 28.5. The minimum Gasteiger partial charge on any atom is -0.300 e. The average molecular weight is 529 g/mol. The topological polar surface area (TPSA) is 67.3 Å². The molecule has 188 valence electrons. The number of thiophene rings is 1. The van der Waals surface area contributed by atoms with Gasteiger partial charge in [0.15, 0.2) is 0 Å². The number of carbonyl (C=O) groups excluding carboxylic acids is 1. The maximum absolute atomic E-state index is 14.3. The second kappa shape index (κ2) is 10.9. The molecule has 0 saturated heterocycles. The van der Waals surface area contributed by atoms with Gasteiger partial charge in [-0.15, -0.1) is 21.5 Å². The molecule has 10 heteroatoms. The number of carbonyl (C=O) groups is 1. The Kier molecular flexibility index (Phi) is 7.89. The first-order valence-electron chi connectivity index (χ1n) is 11.2. The van der Waals surface area contributed by atoms with Crippen LogP contribution in [0.1, 0.15) is 35.8 Å². The van der Waals surface area contributed by atoms with Gasteiger partial charge in [0.25, 0.3) is 0 Å². The van der Waals surface area contributed by atoms with E-state index >= 15 is 0 Å². The summed E-state index contributed by atoms with van der Waals surface area (Å²) in [4.78, 5) is 20.6. The minimum atomic E-state index is -1.07. The lowest BCUT2D eigenvalue weighted by Crippen LogP contribution is -2.36. The van der Waals surface area contributed by atoms with Gasteiger partial charge < -0.3 is 5.32 Å². The van der Waals surface area contributed by atoms with Crippen molar-refractivity contribution in [1.82, 2.24) is 15.3 Å². The fraction of sp³-hybridized carbons (Fsp3) is 0.269. The summed E-state index contributed by atoms with van der Waals surface area (Å²) in [7, 11) is 3.66. The number of amides is 1. The van der Waals surface area contributed by atoms with E-state index in [9.17, 15) is 13.6 Å². The summed E-state index contributed by atoms with van der Waals surface area (Å²) in [5.74, 6) is -2.32. The normalized spacial score (nSPS) is 12.6. The molecule has 0 saturated carbocycles. The highest BCUT2D eigenvalue weighted by Crippen LogP contribution is 2.46. The fourth-order valence-corrected chi connectivity index (χ4v) is 5.70. The van der Waals surface area contributed by atoms with Crippen molar-refractivity contribution in [2.75, 3.05) is 19.4 Å². The first-order valence-corrected chi connectivity index (χ1v) is 12.9. The van der Waals surface area contributed by atoms with Gasteiger partial charge in [0.05, 0.1) is 12.0 Å². The Morgan fingerprint density at radius 3 is 2.39 bits per heavy atom. The van der Waals surface area contributed by atoms with Gasteiger partial charge in [0.2, 0.25) is 11.0 Å². The molecule has 0 aliphatic carbocycles. The van der Waals surface area contributed by atoms with Gasteiger partial charge in [-0.05, 0) is 41.0 Å². The number of hydroxylamine groups is 2. The highest BCUT2D eigenvalue weighted by atomic mass is 32.1. The molecule has 1 N–H and O–H groups in total. The van der Waals surface area contributed by atoms with Crippen molar-refractivity contribution in [3.8, 4) is 10.4 Å². The van der Waals surface area contributed by atoms with Crippen molar-refractivity contribution in [2.24, 2.45) is 5.41 Å². The largest absolute Gasteiger partial charge is 0.300 e. The Bertz CT molecular complexity index is 1300. The number of halogens is 2. The smallest absolute Gasteiger partial charge is 0.232 e. The van der Waals surface area contributed by atoms with E-state index in [2.05, 4.69) is 15.5 Å². The SMILES string of the molecule is CN(C)OCc1ccc(-c2ccc(C(c3cc(F)cc(F)c3)C(C)(C)C(=O)Nc3nncs3)s2)cc1. The number of nitrogens with zero attached hydrogens (tertiary/aromatic N) is 3. The molecule has 0 fully saturated rings. The van der Waals surface area contributed by atoms with Gasteiger partial charge in [-0.25, -0.2) is 8.78 Å². The van der Waals surface area contributed by atoms with E-state index in [1.165, 1.54) is 40.3 Å². The van der Waals surface area contributed by atoms with Crippen LogP contribution < -0.4 is 5.32 Å². The molecule has 1 unspecified atom stereocenters. The molecule has 1 atom stereocenters. The number of rotatable bonds is 9. The van der Waals surface area contributed by atoms with Crippen molar-refractivity contribution < 1.29 is 18.4 Å².